The van der Waals surface area contributed by atoms with Gasteiger partial charge < -0.3 is 9.84 Å². The fourth-order valence-corrected chi connectivity index (χ4v) is 1.97. The Hall–Kier alpha value is -1.28. The smallest absolute Gasteiger partial charge is 0.118 e. The molecule has 0 bridgehead atoms. The van der Waals surface area contributed by atoms with Crippen molar-refractivity contribution in [2.24, 2.45) is 0 Å². The number of allylic oxidation sites excluding steroid dienone is 1. The first-order valence-corrected chi connectivity index (χ1v) is 5.29. The van der Waals surface area contributed by atoms with Crippen LogP contribution in [0, 0.1) is 0 Å². The number of aliphatic hydroxyl groups is 1. The van der Waals surface area contributed by atoms with Crippen LogP contribution in [0.2, 0.25) is 0 Å². The molecule has 0 fully saturated rings. The standard InChI is InChI=1S/C13H16O2/c1-15-12-7-5-11(6-8-12)13(14)9-3-2-4-10-13/h3,5-9,14H,2,4,10H2,1H3. The van der Waals surface area contributed by atoms with Gasteiger partial charge in [0.25, 0.3) is 0 Å². The molecular weight excluding hydrogens is 188 g/mol. The second-order valence-corrected chi connectivity index (χ2v) is 3.95. The lowest BCUT2D eigenvalue weighted by Crippen LogP contribution is -2.24. The van der Waals surface area contributed by atoms with Crippen LogP contribution in [0.3, 0.4) is 0 Å². The zero-order chi connectivity index (χ0) is 10.7. The van der Waals surface area contributed by atoms with E-state index in [1.54, 1.807) is 7.11 Å². The van der Waals surface area contributed by atoms with E-state index >= 15 is 0 Å². The highest BCUT2D eigenvalue weighted by Crippen LogP contribution is 2.32. The van der Waals surface area contributed by atoms with Crippen molar-refractivity contribution in [2.45, 2.75) is 24.9 Å². The molecule has 1 atom stereocenters. The van der Waals surface area contributed by atoms with E-state index in [2.05, 4.69) is 0 Å². The van der Waals surface area contributed by atoms with E-state index in [0.717, 1.165) is 30.6 Å². The van der Waals surface area contributed by atoms with E-state index in [4.69, 9.17) is 4.74 Å². The summed E-state index contributed by atoms with van der Waals surface area (Å²) >= 11 is 0. The molecule has 1 unspecified atom stereocenters. The normalized spacial score (nSPS) is 25.2. The van der Waals surface area contributed by atoms with Crippen molar-refractivity contribution in [3.63, 3.8) is 0 Å². The van der Waals surface area contributed by atoms with Gasteiger partial charge in [-0.2, -0.15) is 0 Å². The molecule has 1 aromatic carbocycles. The predicted molar refractivity (Wildman–Crippen MR) is 59.9 cm³/mol. The molecule has 2 heteroatoms. The van der Waals surface area contributed by atoms with Gasteiger partial charge in [0.1, 0.15) is 11.4 Å². The molecule has 80 valence electrons. The summed E-state index contributed by atoms with van der Waals surface area (Å²) < 4.78 is 5.09. The number of methoxy groups -OCH3 is 1. The minimum atomic E-state index is -0.773. The molecule has 1 aliphatic carbocycles. The molecular formula is C13H16O2. The van der Waals surface area contributed by atoms with E-state index in [0.29, 0.717) is 0 Å². The summed E-state index contributed by atoms with van der Waals surface area (Å²) in [6, 6.07) is 7.62. The minimum absolute atomic E-state index is 0.773. The predicted octanol–water partition coefficient (Wildman–Crippen LogP) is 2.62. The third-order valence-corrected chi connectivity index (χ3v) is 2.91. The highest BCUT2D eigenvalue weighted by atomic mass is 16.5. The minimum Gasteiger partial charge on any atom is -0.497 e. The van der Waals surface area contributed by atoms with Crippen LogP contribution < -0.4 is 4.74 Å². The molecule has 0 aliphatic heterocycles. The van der Waals surface area contributed by atoms with E-state index in [-0.39, 0.29) is 0 Å². The Balaban J connectivity index is 2.28. The molecule has 0 saturated carbocycles. The average molecular weight is 204 g/mol. The van der Waals surface area contributed by atoms with Crippen molar-refractivity contribution in [3.8, 4) is 5.75 Å². The van der Waals surface area contributed by atoms with E-state index in [1.165, 1.54) is 0 Å². The first kappa shape index (κ1) is 10.2. The van der Waals surface area contributed by atoms with Gasteiger partial charge in [-0.3, -0.25) is 0 Å². The van der Waals surface area contributed by atoms with Crippen LogP contribution in [0.1, 0.15) is 24.8 Å². The number of hydrogen-bond donors (Lipinski definition) is 1. The van der Waals surface area contributed by atoms with Gasteiger partial charge in [0.2, 0.25) is 0 Å². The van der Waals surface area contributed by atoms with Gasteiger partial charge in [-0.1, -0.05) is 24.3 Å². The van der Waals surface area contributed by atoms with Gasteiger partial charge in [0.15, 0.2) is 0 Å². The van der Waals surface area contributed by atoms with E-state index in [1.807, 2.05) is 36.4 Å². The third-order valence-electron chi connectivity index (χ3n) is 2.91. The zero-order valence-corrected chi connectivity index (χ0v) is 8.94. The molecule has 0 saturated heterocycles. The van der Waals surface area contributed by atoms with Gasteiger partial charge >= 0.3 is 0 Å². The quantitative estimate of drug-likeness (QED) is 0.750. The number of benzene rings is 1. The van der Waals surface area contributed by atoms with Crippen molar-refractivity contribution < 1.29 is 9.84 Å². The largest absolute Gasteiger partial charge is 0.497 e. The highest BCUT2D eigenvalue weighted by molar-refractivity contribution is 5.34. The van der Waals surface area contributed by atoms with Gasteiger partial charge in [-0.25, -0.2) is 0 Å². The van der Waals surface area contributed by atoms with Crippen LogP contribution in [-0.4, -0.2) is 12.2 Å². The molecule has 2 rings (SSSR count). The maximum Gasteiger partial charge on any atom is 0.118 e. The average Bonchev–Trinajstić information content (AvgIpc) is 2.30. The van der Waals surface area contributed by atoms with Crippen LogP contribution in [0.5, 0.6) is 5.75 Å². The molecule has 1 N–H and O–H groups in total. The van der Waals surface area contributed by atoms with Crippen molar-refractivity contribution >= 4 is 0 Å². The summed E-state index contributed by atoms with van der Waals surface area (Å²) in [6.45, 7) is 0. The molecule has 0 spiro atoms. The Kier molecular flexibility index (Phi) is 2.78. The Bertz CT molecular complexity index is 353. The lowest BCUT2D eigenvalue weighted by Gasteiger charge is -2.28. The number of hydrogen-bond acceptors (Lipinski definition) is 2. The lowest BCUT2D eigenvalue weighted by atomic mass is 9.85. The lowest BCUT2D eigenvalue weighted by molar-refractivity contribution is 0.0726. The topological polar surface area (TPSA) is 29.5 Å². The number of rotatable bonds is 2. The summed E-state index contributed by atoms with van der Waals surface area (Å²) in [4.78, 5) is 0. The maximum atomic E-state index is 10.4. The second-order valence-electron chi connectivity index (χ2n) is 3.95. The second kappa shape index (κ2) is 4.07. The summed E-state index contributed by atoms with van der Waals surface area (Å²) in [5.74, 6) is 0.821. The first-order chi connectivity index (χ1) is 7.24. The van der Waals surface area contributed by atoms with Crippen LogP contribution in [0.4, 0.5) is 0 Å². The molecule has 1 aromatic rings. The SMILES string of the molecule is COc1ccc(C2(O)C=CCCC2)cc1. The molecule has 1 aliphatic rings. The summed E-state index contributed by atoms with van der Waals surface area (Å²) in [6.07, 6.45) is 6.86. The summed E-state index contributed by atoms with van der Waals surface area (Å²) in [5, 5.41) is 10.4. The fourth-order valence-electron chi connectivity index (χ4n) is 1.97. The highest BCUT2D eigenvalue weighted by Gasteiger charge is 2.27. The van der Waals surface area contributed by atoms with Crippen LogP contribution in [0.25, 0.3) is 0 Å². The van der Waals surface area contributed by atoms with Gasteiger partial charge in [-0.15, -0.1) is 0 Å². The molecule has 0 amide bonds. The number of ether oxygens (including phenoxy) is 1. The summed E-state index contributed by atoms with van der Waals surface area (Å²) in [7, 11) is 1.64. The molecule has 0 heterocycles. The van der Waals surface area contributed by atoms with E-state index in [9.17, 15) is 5.11 Å². The Labute approximate surface area is 90.2 Å². The van der Waals surface area contributed by atoms with Crippen LogP contribution in [-0.2, 0) is 5.60 Å². The maximum absolute atomic E-state index is 10.4. The molecule has 2 nitrogen and oxygen atoms in total. The zero-order valence-electron chi connectivity index (χ0n) is 8.94. The van der Waals surface area contributed by atoms with Crippen LogP contribution >= 0.6 is 0 Å². The fraction of sp³-hybridized carbons (Fsp3) is 0.385. The Morgan fingerprint density at radius 3 is 2.53 bits per heavy atom. The van der Waals surface area contributed by atoms with Crippen molar-refractivity contribution in [2.75, 3.05) is 7.11 Å². The Morgan fingerprint density at radius 2 is 2.00 bits per heavy atom. The van der Waals surface area contributed by atoms with Crippen molar-refractivity contribution in [1.29, 1.82) is 0 Å². The van der Waals surface area contributed by atoms with Crippen molar-refractivity contribution in [3.05, 3.63) is 42.0 Å². The van der Waals surface area contributed by atoms with Crippen molar-refractivity contribution in [1.82, 2.24) is 0 Å². The monoisotopic (exact) mass is 204 g/mol. The van der Waals surface area contributed by atoms with Gasteiger partial charge in [-0.05, 0) is 37.0 Å². The molecule has 0 radical (unpaired) electrons. The van der Waals surface area contributed by atoms with E-state index < -0.39 is 5.60 Å². The molecule has 15 heavy (non-hydrogen) atoms. The van der Waals surface area contributed by atoms with Crippen LogP contribution in [0.15, 0.2) is 36.4 Å². The summed E-state index contributed by atoms with van der Waals surface area (Å²) in [5.41, 5.74) is 0.170. The van der Waals surface area contributed by atoms with Gasteiger partial charge in [0.05, 0.1) is 7.11 Å². The van der Waals surface area contributed by atoms with Gasteiger partial charge in [0, 0.05) is 0 Å². The third kappa shape index (κ3) is 2.05. The Morgan fingerprint density at radius 1 is 1.27 bits per heavy atom. The first-order valence-electron chi connectivity index (χ1n) is 5.29. The molecule has 0 aromatic heterocycles.